The number of ether oxygens (including phenoxy) is 1. The van der Waals surface area contributed by atoms with Crippen LogP contribution in [0.3, 0.4) is 0 Å². The molecule has 0 heterocycles. The predicted octanol–water partition coefficient (Wildman–Crippen LogP) is 3.81. The Hall–Kier alpha value is -1.81. The molecule has 1 amide bonds. The summed E-state index contributed by atoms with van der Waals surface area (Å²) in [4.78, 5) is 11.7. The topological polar surface area (TPSA) is 50.7 Å². The summed E-state index contributed by atoms with van der Waals surface area (Å²) in [5.74, 6) is 1.20. The first-order valence-electron chi connectivity index (χ1n) is 7.40. The molecule has 1 N–H and O–H groups in total. The predicted molar refractivity (Wildman–Crippen MR) is 89.2 cm³/mol. The summed E-state index contributed by atoms with van der Waals surface area (Å²) in [7, 11) is 0. The SMILES string of the molecule is CC1=CC[C@@H](/C=N\NC(=O)COc2cccc(Cl)c2)[C@@H](C)C1. The van der Waals surface area contributed by atoms with E-state index in [2.05, 4.69) is 30.5 Å². The molecule has 22 heavy (non-hydrogen) atoms. The molecule has 0 spiro atoms. The van der Waals surface area contributed by atoms with Crippen molar-refractivity contribution in [1.82, 2.24) is 5.43 Å². The highest BCUT2D eigenvalue weighted by molar-refractivity contribution is 6.30. The lowest BCUT2D eigenvalue weighted by Crippen LogP contribution is -2.26. The van der Waals surface area contributed by atoms with E-state index in [0.717, 1.165) is 12.8 Å². The van der Waals surface area contributed by atoms with Crippen molar-refractivity contribution in [1.29, 1.82) is 0 Å². The van der Waals surface area contributed by atoms with Crippen molar-refractivity contribution in [3.8, 4) is 5.75 Å². The highest BCUT2D eigenvalue weighted by Crippen LogP contribution is 2.27. The van der Waals surface area contributed by atoms with Gasteiger partial charge in [0.2, 0.25) is 0 Å². The number of nitrogens with zero attached hydrogens (tertiary/aromatic N) is 1. The molecule has 1 aliphatic rings. The van der Waals surface area contributed by atoms with Gasteiger partial charge in [-0.3, -0.25) is 4.79 Å². The van der Waals surface area contributed by atoms with Crippen LogP contribution in [0, 0.1) is 11.8 Å². The van der Waals surface area contributed by atoms with Crippen molar-refractivity contribution in [3.63, 3.8) is 0 Å². The standard InChI is InChI=1S/C17H21ClN2O2/c1-12-6-7-14(13(2)8-12)10-19-20-17(21)11-22-16-5-3-4-15(18)9-16/h3-6,9-10,13-14H,7-8,11H2,1-2H3,(H,20,21)/b19-10-/t13-,14-/m0/s1. The number of benzene rings is 1. The zero-order valence-electron chi connectivity index (χ0n) is 12.9. The van der Waals surface area contributed by atoms with Gasteiger partial charge >= 0.3 is 0 Å². The van der Waals surface area contributed by atoms with Crippen molar-refractivity contribution < 1.29 is 9.53 Å². The third kappa shape index (κ3) is 5.19. The summed E-state index contributed by atoms with van der Waals surface area (Å²) < 4.78 is 5.35. The average Bonchev–Trinajstić information content (AvgIpc) is 2.47. The van der Waals surface area contributed by atoms with Gasteiger partial charge in [0.05, 0.1) is 0 Å². The Bertz CT molecular complexity index is 584. The van der Waals surface area contributed by atoms with Crippen LogP contribution in [0.15, 0.2) is 41.0 Å². The van der Waals surface area contributed by atoms with Gasteiger partial charge in [-0.2, -0.15) is 5.10 Å². The maximum Gasteiger partial charge on any atom is 0.277 e. The van der Waals surface area contributed by atoms with Crippen molar-refractivity contribution in [2.75, 3.05) is 6.61 Å². The number of carbonyl (C=O) groups is 1. The molecule has 0 unspecified atom stereocenters. The second-order valence-corrected chi connectivity index (χ2v) is 6.13. The molecule has 1 aromatic carbocycles. The van der Waals surface area contributed by atoms with Gasteiger partial charge in [-0.1, -0.05) is 36.2 Å². The van der Waals surface area contributed by atoms with Crippen LogP contribution in [0.5, 0.6) is 5.75 Å². The van der Waals surface area contributed by atoms with E-state index < -0.39 is 0 Å². The van der Waals surface area contributed by atoms with E-state index in [1.165, 1.54) is 5.57 Å². The number of amides is 1. The first-order valence-corrected chi connectivity index (χ1v) is 7.78. The Morgan fingerprint density at radius 1 is 1.55 bits per heavy atom. The Labute approximate surface area is 136 Å². The second-order valence-electron chi connectivity index (χ2n) is 5.69. The fourth-order valence-corrected chi connectivity index (χ4v) is 2.64. The number of carbonyl (C=O) groups excluding carboxylic acids is 1. The molecule has 0 fully saturated rings. The minimum atomic E-state index is -0.286. The first kappa shape index (κ1) is 16.6. The molecule has 1 aliphatic carbocycles. The first-order chi connectivity index (χ1) is 10.5. The third-order valence-electron chi connectivity index (χ3n) is 3.73. The molecule has 0 saturated heterocycles. The molecule has 0 aromatic heterocycles. The number of rotatable bonds is 5. The number of hydrogen-bond acceptors (Lipinski definition) is 3. The van der Waals surface area contributed by atoms with Gasteiger partial charge in [0.15, 0.2) is 6.61 Å². The third-order valence-corrected chi connectivity index (χ3v) is 3.97. The molecular formula is C17H21ClN2O2. The van der Waals surface area contributed by atoms with Crippen LogP contribution in [0.4, 0.5) is 0 Å². The van der Waals surface area contributed by atoms with E-state index in [9.17, 15) is 4.79 Å². The number of allylic oxidation sites excluding steroid dienone is 2. The highest BCUT2D eigenvalue weighted by atomic mass is 35.5. The maximum atomic E-state index is 11.7. The summed E-state index contributed by atoms with van der Waals surface area (Å²) >= 11 is 5.84. The smallest absolute Gasteiger partial charge is 0.277 e. The quantitative estimate of drug-likeness (QED) is 0.509. The van der Waals surface area contributed by atoms with E-state index in [0.29, 0.717) is 22.6 Å². The van der Waals surface area contributed by atoms with Crippen LogP contribution in [-0.2, 0) is 4.79 Å². The van der Waals surface area contributed by atoms with Crippen LogP contribution in [-0.4, -0.2) is 18.7 Å². The van der Waals surface area contributed by atoms with Crippen LogP contribution in [0.2, 0.25) is 5.02 Å². The van der Waals surface area contributed by atoms with Gasteiger partial charge < -0.3 is 4.74 Å². The number of nitrogens with one attached hydrogen (secondary N) is 1. The lowest BCUT2D eigenvalue weighted by atomic mass is 9.82. The lowest BCUT2D eigenvalue weighted by Gasteiger charge is -2.24. The largest absolute Gasteiger partial charge is 0.484 e. The van der Waals surface area contributed by atoms with Gasteiger partial charge in [-0.05, 0) is 43.9 Å². The second kappa shape index (κ2) is 7.99. The zero-order chi connectivity index (χ0) is 15.9. The lowest BCUT2D eigenvalue weighted by molar-refractivity contribution is -0.123. The van der Waals surface area contributed by atoms with E-state index in [1.807, 2.05) is 6.21 Å². The molecule has 2 atom stereocenters. The van der Waals surface area contributed by atoms with Crippen molar-refractivity contribution in [3.05, 3.63) is 40.9 Å². The van der Waals surface area contributed by atoms with E-state index in [1.54, 1.807) is 24.3 Å². The summed E-state index contributed by atoms with van der Waals surface area (Å²) in [6.07, 6.45) is 6.12. The molecule has 0 aliphatic heterocycles. The molecule has 0 bridgehead atoms. The van der Waals surface area contributed by atoms with Gasteiger partial charge in [-0.15, -0.1) is 0 Å². The van der Waals surface area contributed by atoms with Crippen molar-refractivity contribution in [2.24, 2.45) is 16.9 Å². The Morgan fingerprint density at radius 3 is 3.09 bits per heavy atom. The molecular weight excluding hydrogens is 300 g/mol. The van der Waals surface area contributed by atoms with E-state index in [4.69, 9.17) is 16.3 Å². The number of halogens is 1. The summed E-state index contributed by atoms with van der Waals surface area (Å²) in [5.41, 5.74) is 3.93. The minimum Gasteiger partial charge on any atom is -0.484 e. The summed E-state index contributed by atoms with van der Waals surface area (Å²) in [6, 6.07) is 6.94. The van der Waals surface area contributed by atoms with Crippen molar-refractivity contribution >= 4 is 23.7 Å². The highest BCUT2D eigenvalue weighted by Gasteiger charge is 2.18. The van der Waals surface area contributed by atoms with Gasteiger partial charge in [0, 0.05) is 17.2 Å². The van der Waals surface area contributed by atoms with Gasteiger partial charge in [0.1, 0.15) is 5.75 Å². The Morgan fingerprint density at radius 2 is 2.36 bits per heavy atom. The molecule has 1 aromatic rings. The number of hydrogen-bond donors (Lipinski definition) is 1. The van der Waals surface area contributed by atoms with E-state index >= 15 is 0 Å². The van der Waals surface area contributed by atoms with Crippen LogP contribution < -0.4 is 10.2 Å². The average molecular weight is 321 g/mol. The maximum absolute atomic E-state index is 11.7. The molecule has 5 heteroatoms. The fraction of sp³-hybridized carbons (Fsp3) is 0.412. The van der Waals surface area contributed by atoms with Crippen LogP contribution >= 0.6 is 11.6 Å². The number of hydrazone groups is 1. The van der Waals surface area contributed by atoms with Gasteiger partial charge in [-0.25, -0.2) is 5.43 Å². The monoisotopic (exact) mass is 320 g/mol. The summed E-state index contributed by atoms with van der Waals surface area (Å²) in [5, 5.41) is 4.61. The fourth-order valence-electron chi connectivity index (χ4n) is 2.46. The molecule has 0 saturated carbocycles. The summed E-state index contributed by atoms with van der Waals surface area (Å²) in [6.45, 7) is 4.27. The van der Waals surface area contributed by atoms with Gasteiger partial charge in [0.25, 0.3) is 5.91 Å². The zero-order valence-corrected chi connectivity index (χ0v) is 13.6. The Balaban J connectivity index is 1.74. The van der Waals surface area contributed by atoms with Crippen molar-refractivity contribution in [2.45, 2.75) is 26.7 Å². The van der Waals surface area contributed by atoms with Crippen LogP contribution in [0.1, 0.15) is 26.7 Å². The molecule has 118 valence electrons. The van der Waals surface area contributed by atoms with E-state index in [-0.39, 0.29) is 12.5 Å². The minimum absolute atomic E-state index is 0.0864. The molecule has 4 nitrogen and oxygen atoms in total. The molecule has 0 radical (unpaired) electrons. The molecule has 2 rings (SSSR count). The Kier molecular flexibility index (Phi) is 6.01. The van der Waals surface area contributed by atoms with Crippen LogP contribution in [0.25, 0.3) is 0 Å². The normalized spacial score (nSPS) is 21.5.